The number of fused-ring (bicyclic) bond motifs is 1. The highest BCUT2D eigenvalue weighted by Gasteiger charge is 2.47. The molecule has 0 radical (unpaired) electrons. The highest BCUT2D eigenvalue weighted by Crippen LogP contribution is 2.39. The molecule has 4 rings (SSSR count). The van der Waals surface area contributed by atoms with Crippen molar-refractivity contribution in [3.05, 3.63) is 42.2 Å². The first-order valence-electron chi connectivity index (χ1n) is 7.80. The summed E-state index contributed by atoms with van der Waals surface area (Å²) in [6.07, 6.45) is 3.92. The van der Waals surface area contributed by atoms with Gasteiger partial charge in [0.05, 0.1) is 22.7 Å². The van der Waals surface area contributed by atoms with E-state index in [1.54, 1.807) is 11.1 Å². The fourth-order valence-corrected chi connectivity index (χ4v) is 3.62. The number of carbonyl (C=O) groups is 2. The maximum absolute atomic E-state index is 12.9. The van der Waals surface area contributed by atoms with Gasteiger partial charge >= 0.3 is 0 Å². The lowest BCUT2D eigenvalue weighted by Gasteiger charge is -2.33. The van der Waals surface area contributed by atoms with E-state index in [0.29, 0.717) is 25.1 Å². The molecule has 2 aliphatic heterocycles. The van der Waals surface area contributed by atoms with E-state index < -0.39 is 5.41 Å². The molecule has 6 heteroatoms. The van der Waals surface area contributed by atoms with Crippen molar-refractivity contribution in [3.8, 4) is 0 Å². The van der Waals surface area contributed by atoms with Gasteiger partial charge in [0.15, 0.2) is 0 Å². The Morgan fingerprint density at radius 3 is 3.04 bits per heavy atom. The van der Waals surface area contributed by atoms with Crippen LogP contribution in [-0.2, 0) is 4.79 Å². The topological polar surface area (TPSA) is 78.1 Å². The maximum Gasteiger partial charge on any atom is 0.254 e. The Bertz CT molecular complexity index is 825. The maximum atomic E-state index is 12.9. The number of hydrogen-bond donors (Lipinski definition) is 2. The molecule has 1 atom stereocenters. The molecular formula is C17H18N4O2. The van der Waals surface area contributed by atoms with Gasteiger partial charge in [-0.1, -0.05) is 12.6 Å². The van der Waals surface area contributed by atoms with Crippen LogP contribution in [0.4, 0.5) is 0 Å². The minimum atomic E-state index is -0.457. The average molecular weight is 310 g/mol. The van der Waals surface area contributed by atoms with E-state index in [9.17, 15) is 9.59 Å². The summed E-state index contributed by atoms with van der Waals surface area (Å²) in [4.78, 5) is 27.1. The molecule has 0 bridgehead atoms. The zero-order valence-electron chi connectivity index (χ0n) is 12.8. The third-order valence-corrected chi connectivity index (χ3v) is 5.03. The van der Waals surface area contributed by atoms with Crippen LogP contribution in [0.2, 0.25) is 0 Å². The third kappa shape index (κ3) is 2.13. The van der Waals surface area contributed by atoms with E-state index in [0.717, 1.165) is 29.4 Å². The van der Waals surface area contributed by atoms with Crippen molar-refractivity contribution in [1.82, 2.24) is 20.4 Å². The average Bonchev–Trinajstić information content (AvgIpc) is 3.18. The van der Waals surface area contributed by atoms with Gasteiger partial charge < -0.3 is 10.2 Å². The Morgan fingerprint density at radius 2 is 2.22 bits per heavy atom. The summed E-state index contributed by atoms with van der Waals surface area (Å²) < 4.78 is 0. The summed E-state index contributed by atoms with van der Waals surface area (Å²) in [5.74, 6) is -0.0309. The molecule has 6 nitrogen and oxygen atoms in total. The summed E-state index contributed by atoms with van der Waals surface area (Å²) in [6.45, 7) is 4.90. The van der Waals surface area contributed by atoms with E-state index >= 15 is 0 Å². The number of H-pyrrole nitrogens is 1. The standard InChI is InChI=1S/C17H18N4O2/c1-11-5-6-17(16(23)19-11)7-8-21(10-17)15(22)12-3-2-4-14-13(12)9-18-20-14/h2-4,9H,1,5-8,10H2,(H,18,20)(H,19,23). The first-order valence-corrected chi connectivity index (χ1v) is 7.80. The van der Waals surface area contributed by atoms with Crippen LogP contribution in [0.5, 0.6) is 0 Å². The van der Waals surface area contributed by atoms with Gasteiger partial charge in [-0.15, -0.1) is 0 Å². The third-order valence-electron chi connectivity index (χ3n) is 5.03. The predicted molar refractivity (Wildman–Crippen MR) is 85.6 cm³/mol. The smallest absolute Gasteiger partial charge is 0.254 e. The number of likely N-dealkylation sites (tertiary alicyclic amines) is 1. The van der Waals surface area contributed by atoms with E-state index in [4.69, 9.17) is 0 Å². The lowest BCUT2D eigenvalue weighted by atomic mass is 9.78. The molecule has 23 heavy (non-hydrogen) atoms. The van der Waals surface area contributed by atoms with Crippen molar-refractivity contribution in [2.45, 2.75) is 19.3 Å². The van der Waals surface area contributed by atoms with Crippen LogP contribution in [0.1, 0.15) is 29.6 Å². The minimum absolute atomic E-state index is 0.00516. The molecule has 2 aliphatic rings. The summed E-state index contributed by atoms with van der Waals surface area (Å²) >= 11 is 0. The molecule has 1 unspecified atom stereocenters. The number of amides is 2. The first kappa shape index (κ1) is 14.0. The first-order chi connectivity index (χ1) is 11.1. The van der Waals surface area contributed by atoms with Gasteiger partial charge in [-0.3, -0.25) is 14.7 Å². The van der Waals surface area contributed by atoms with E-state index in [1.807, 2.05) is 18.2 Å². The molecule has 1 spiro atoms. The lowest BCUT2D eigenvalue weighted by molar-refractivity contribution is -0.131. The van der Waals surface area contributed by atoms with Gasteiger partial charge in [-0.2, -0.15) is 5.10 Å². The van der Waals surface area contributed by atoms with Crippen LogP contribution in [0, 0.1) is 5.41 Å². The second-order valence-electron chi connectivity index (χ2n) is 6.45. The second-order valence-corrected chi connectivity index (χ2v) is 6.45. The Kier molecular flexibility index (Phi) is 3.01. The summed E-state index contributed by atoms with van der Waals surface area (Å²) in [5, 5.41) is 10.6. The Balaban J connectivity index is 1.60. The van der Waals surface area contributed by atoms with Gasteiger partial charge in [0, 0.05) is 24.2 Å². The molecule has 1 aromatic heterocycles. The van der Waals surface area contributed by atoms with Gasteiger partial charge in [0.2, 0.25) is 5.91 Å². The van der Waals surface area contributed by atoms with E-state index in [-0.39, 0.29) is 11.8 Å². The van der Waals surface area contributed by atoms with Crippen molar-refractivity contribution in [3.63, 3.8) is 0 Å². The van der Waals surface area contributed by atoms with Crippen molar-refractivity contribution in [1.29, 1.82) is 0 Å². The number of aromatic nitrogens is 2. The number of rotatable bonds is 1. The molecule has 2 aromatic rings. The van der Waals surface area contributed by atoms with E-state index in [2.05, 4.69) is 22.1 Å². The fraction of sp³-hybridized carbons (Fsp3) is 0.353. The van der Waals surface area contributed by atoms with Crippen LogP contribution in [0.3, 0.4) is 0 Å². The van der Waals surface area contributed by atoms with Gasteiger partial charge in [0.25, 0.3) is 5.91 Å². The lowest BCUT2D eigenvalue weighted by Crippen LogP contribution is -2.46. The number of nitrogens with zero attached hydrogens (tertiary/aromatic N) is 2. The van der Waals surface area contributed by atoms with Crippen molar-refractivity contribution in [2.24, 2.45) is 5.41 Å². The van der Waals surface area contributed by atoms with Crippen molar-refractivity contribution in [2.75, 3.05) is 13.1 Å². The molecule has 2 fully saturated rings. The largest absolute Gasteiger partial charge is 0.338 e. The second kappa shape index (κ2) is 4.94. The van der Waals surface area contributed by atoms with Crippen molar-refractivity contribution < 1.29 is 9.59 Å². The molecule has 3 heterocycles. The number of aromatic amines is 1. The zero-order valence-corrected chi connectivity index (χ0v) is 12.8. The van der Waals surface area contributed by atoms with Gasteiger partial charge in [-0.05, 0) is 31.4 Å². The monoisotopic (exact) mass is 310 g/mol. The predicted octanol–water partition coefficient (Wildman–Crippen LogP) is 1.82. The summed E-state index contributed by atoms with van der Waals surface area (Å²) in [7, 11) is 0. The van der Waals surface area contributed by atoms with Gasteiger partial charge in [-0.25, -0.2) is 0 Å². The SMILES string of the molecule is C=C1CCC2(CCN(C(=O)c3cccc4[nH]ncc34)C2)C(=O)N1. The van der Waals surface area contributed by atoms with Crippen LogP contribution >= 0.6 is 0 Å². The van der Waals surface area contributed by atoms with Crippen LogP contribution in [0.15, 0.2) is 36.7 Å². The Hall–Kier alpha value is -2.63. The van der Waals surface area contributed by atoms with Crippen LogP contribution in [-0.4, -0.2) is 40.0 Å². The highest BCUT2D eigenvalue weighted by molar-refractivity contribution is 6.06. The number of allylic oxidation sites excluding steroid dienone is 1. The molecule has 2 amide bonds. The van der Waals surface area contributed by atoms with Crippen LogP contribution in [0.25, 0.3) is 10.9 Å². The Labute approximate surface area is 133 Å². The van der Waals surface area contributed by atoms with Crippen LogP contribution < -0.4 is 5.32 Å². The summed E-state index contributed by atoms with van der Waals surface area (Å²) in [5.41, 5.74) is 1.79. The molecule has 0 saturated carbocycles. The molecule has 2 saturated heterocycles. The zero-order chi connectivity index (χ0) is 16.0. The molecule has 2 N–H and O–H groups in total. The highest BCUT2D eigenvalue weighted by atomic mass is 16.2. The molecule has 0 aliphatic carbocycles. The number of benzene rings is 1. The summed E-state index contributed by atoms with van der Waals surface area (Å²) in [6, 6.07) is 5.55. The normalized spacial score (nSPS) is 24.4. The van der Waals surface area contributed by atoms with Crippen molar-refractivity contribution >= 4 is 22.7 Å². The Morgan fingerprint density at radius 1 is 1.35 bits per heavy atom. The molecule has 1 aromatic carbocycles. The van der Waals surface area contributed by atoms with E-state index in [1.165, 1.54) is 0 Å². The quantitative estimate of drug-likeness (QED) is 0.843. The number of hydrogen-bond acceptors (Lipinski definition) is 3. The molecular weight excluding hydrogens is 292 g/mol. The minimum Gasteiger partial charge on any atom is -0.338 e. The van der Waals surface area contributed by atoms with Gasteiger partial charge in [0.1, 0.15) is 0 Å². The number of piperidine rings is 1. The molecule has 118 valence electrons. The number of carbonyl (C=O) groups excluding carboxylic acids is 2. The fourth-order valence-electron chi connectivity index (χ4n) is 3.62. The number of nitrogens with one attached hydrogen (secondary N) is 2.